The molecule has 1 aromatic heterocycles. The molecule has 3 heterocycles. The molecule has 0 unspecified atom stereocenters. The van der Waals surface area contributed by atoms with Crippen molar-refractivity contribution >= 4 is 0 Å². The molecular formula is C12H20N4O. The molecule has 1 fully saturated rings. The monoisotopic (exact) mass is 236 g/mol. The topological polar surface area (TPSA) is 42.3 Å². The fourth-order valence-electron chi connectivity index (χ4n) is 2.53. The van der Waals surface area contributed by atoms with Gasteiger partial charge in [0.25, 0.3) is 0 Å². The third-order valence-corrected chi connectivity index (χ3v) is 3.55. The number of nitrogens with one attached hydrogen (secondary N) is 1. The van der Waals surface area contributed by atoms with E-state index in [0.717, 1.165) is 52.5 Å². The quantitative estimate of drug-likeness (QED) is 0.797. The number of rotatable bonds is 2. The number of imidazole rings is 1. The van der Waals surface area contributed by atoms with Crippen molar-refractivity contribution < 1.29 is 4.74 Å². The summed E-state index contributed by atoms with van der Waals surface area (Å²) in [5.74, 6) is 0. The van der Waals surface area contributed by atoms with Gasteiger partial charge in [0.1, 0.15) is 0 Å². The van der Waals surface area contributed by atoms with Crippen LogP contribution in [0.4, 0.5) is 0 Å². The number of aryl methyl sites for hydroxylation is 1. The minimum absolute atomic E-state index is 0.855. The van der Waals surface area contributed by atoms with Crippen molar-refractivity contribution in [2.24, 2.45) is 0 Å². The van der Waals surface area contributed by atoms with Gasteiger partial charge in [-0.15, -0.1) is 0 Å². The van der Waals surface area contributed by atoms with Crippen molar-refractivity contribution in [3.05, 3.63) is 17.7 Å². The van der Waals surface area contributed by atoms with E-state index in [4.69, 9.17) is 4.74 Å². The van der Waals surface area contributed by atoms with Crippen LogP contribution in [0.5, 0.6) is 0 Å². The molecule has 0 spiro atoms. The molecule has 0 saturated carbocycles. The number of morpholine rings is 1. The molecule has 1 saturated heterocycles. The van der Waals surface area contributed by atoms with Crippen LogP contribution in [0.25, 0.3) is 0 Å². The predicted octanol–water partition coefficient (Wildman–Crippen LogP) is 0.209. The Morgan fingerprint density at radius 1 is 1.29 bits per heavy atom. The molecule has 5 nitrogen and oxygen atoms in total. The predicted molar refractivity (Wildman–Crippen MR) is 64.6 cm³/mol. The van der Waals surface area contributed by atoms with Gasteiger partial charge in [0.2, 0.25) is 0 Å². The third kappa shape index (κ3) is 2.51. The summed E-state index contributed by atoms with van der Waals surface area (Å²) in [6.45, 7) is 7.90. The summed E-state index contributed by atoms with van der Waals surface area (Å²) in [6, 6.07) is 0. The van der Waals surface area contributed by atoms with Crippen LogP contribution in [0, 0.1) is 0 Å². The Morgan fingerprint density at radius 2 is 2.18 bits per heavy atom. The van der Waals surface area contributed by atoms with Crippen LogP contribution < -0.4 is 5.32 Å². The van der Waals surface area contributed by atoms with Gasteiger partial charge in [-0.25, -0.2) is 4.98 Å². The van der Waals surface area contributed by atoms with Crippen molar-refractivity contribution in [3.63, 3.8) is 0 Å². The molecule has 2 aliphatic heterocycles. The second kappa shape index (κ2) is 5.16. The van der Waals surface area contributed by atoms with Gasteiger partial charge in [0.05, 0.1) is 30.9 Å². The van der Waals surface area contributed by atoms with Crippen LogP contribution in [0.15, 0.2) is 6.33 Å². The molecule has 0 radical (unpaired) electrons. The van der Waals surface area contributed by atoms with Crippen molar-refractivity contribution in [1.82, 2.24) is 19.8 Å². The lowest BCUT2D eigenvalue weighted by Crippen LogP contribution is -2.36. The summed E-state index contributed by atoms with van der Waals surface area (Å²) in [7, 11) is 0. The number of hydrogen-bond acceptors (Lipinski definition) is 4. The molecule has 5 heteroatoms. The zero-order valence-corrected chi connectivity index (χ0v) is 10.2. The fraction of sp³-hybridized carbons (Fsp3) is 0.750. The molecular weight excluding hydrogens is 216 g/mol. The summed E-state index contributed by atoms with van der Waals surface area (Å²) in [6.07, 6.45) is 3.19. The maximum Gasteiger partial charge on any atom is 0.0952 e. The van der Waals surface area contributed by atoms with Crippen molar-refractivity contribution in [2.75, 3.05) is 32.8 Å². The minimum atomic E-state index is 0.855. The Balaban J connectivity index is 1.71. The van der Waals surface area contributed by atoms with Crippen LogP contribution in [0.1, 0.15) is 17.8 Å². The first-order valence-corrected chi connectivity index (χ1v) is 6.47. The summed E-state index contributed by atoms with van der Waals surface area (Å²) in [5.41, 5.74) is 2.61. The smallest absolute Gasteiger partial charge is 0.0952 e. The van der Waals surface area contributed by atoms with Gasteiger partial charge in [-0.2, -0.15) is 0 Å². The van der Waals surface area contributed by atoms with Gasteiger partial charge in [-0.3, -0.25) is 4.90 Å². The number of aromatic nitrogens is 2. The fourth-order valence-corrected chi connectivity index (χ4v) is 2.53. The SMILES string of the molecule is c1nc(CN2CCOCC2)c2n1CCCNC2. The molecule has 0 aliphatic carbocycles. The first kappa shape index (κ1) is 11.2. The molecule has 0 aromatic carbocycles. The van der Waals surface area contributed by atoms with Crippen molar-refractivity contribution in [1.29, 1.82) is 0 Å². The second-order valence-corrected chi connectivity index (χ2v) is 4.75. The molecule has 17 heavy (non-hydrogen) atoms. The Morgan fingerprint density at radius 3 is 3.06 bits per heavy atom. The summed E-state index contributed by atoms with van der Waals surface area (Å²) in [4.78, 5) is 7.00. The summed E-state index contributed by atoms with van der Waals surface area (Å²) in [5, 5.41) is 3.46. The largest absolute Gasteiger partial charge is 0.379 e. The number of nitrogens with zero attached hydrogens (tertiary/aromatic N) is 3. The molecule has 1 N–H and O–H groups in total. The average Bonchev–Trinajstić information content (AvgIpc) is 2.61. The van der Waals surface area contributed by atoms with E-state index in [1.54, 1.807) is 0 Å². The van der Waals surface area contributed by atoms with Crippen LogP contribution in [-0.2, 0) is 24.4 Å². The lowest BCUT2D eigenvalue weighted by atomic mass is 10.2. The van der Waals surface area contributed by atoms with Crippen molar-refractivity contribution in [3.8, 4) is 0 Å². The van der Waals surface area contributed by atoms with Gasteiger partial charge in [-0.05, 0) is 13.0 Å². The van der Waals surface area contributed by atoms with E-state index in [-0.39, 0.29) is 0 Å². The Labute approximate surface area is 102 Å². The number of hydrogen-bond donors (Lipinski definition) is 1. The summed E-state index contributed by atoms with van der Waals surface area (Å²) < 4.78 is 7.67. The van der Waals surface area contributed by atoms with Gasteiger partial charge >= 0.3 is 0 Å². The van der Waals surface area contributed by atoms with Crippen LogP contribution in [0.2, 0.25) is 0 Å². The molecule has 94 valence electrons. The highest BCUT2D eigenvalue weighted by molar-refractivity contribution is 5.14. The standard InChI is InChI=1S/C12H20N4O/c1-2-13-8-12-11(14-10-16(12)3-1)9-15-4-6-17-7-5-15/h10,13H,1-9H2. The van der Waals surface area contributed by atoms with E-state index >= 15 is 0 Å². The number of ether oxygens (including phenoxy) is 1. The molecule has 0 bridgehead atoms. The van der Waals surface area contributed by atoms with Gasteiger partial charge in [-0.1, -0.05) is 0 Å². The third-order valence-electron chi connectivity index (χ3n) is 3.55. The van der Waals surface area contributed by atoms with E-state index in [1.807, 2.05) is 6.33 Å². The van der Waals surface area contributed by atoms with Gasteiger partial charge in [0.15, 0.2) is 0 Å². The molecule has 1 aromatic rings. The number of fused-ring (bicyclic) bond motifs is 1. The normalized spacial score (nSPS) is 22.1. The van der Waals surface area contributed by atoms with E-state index < -0.39 is 0 Å². The van der Waals surface area contributed by atoms with E-state index in [9.17, 15) is 0 Å². The van der Waals surface area contributed by atoms with Gasteiger partial charge < -0.3 is 14.6 Å². The highest BCUT2D eigenvalue weighted by Crippen LogP contribution is 2.14. The molecule has 0 atom stereocenters. The second-order valence-electron chi connectivity index (χ2n) is 4.75. The zero-order valence-electron chi connectivity index (χ0n) is 10.2. The Bertz CT molecular complexity index is 371. The molecule has 0 amide bonds. The van der Waals surface area contributed by atoms with Crippen LogP contribution in [-0.4, -0.2) is 47.3 Å². The van der Waals surface area contributed by atoms with Crippen molar-refractivity contribution in [2.45, 2.75) is 26.1 Å². The van der Waals surface area contributed by atoms with Crippen LogP contribution in [0.3, 0.4) is 0 Å². The van der Waals surface area contributed by atoms with Gasteiger partial charge in [0, 0.05) is 32.7 Å². The highest BCUT2D eigenvalue weighted by atomic mass is 16.5. The maximum atomic E-state index is 5.37. The summed E-state index contributed by atoms with van der Waals surface area (Å²) >= 11 is 0. The van der Waals surface area contributed by atoms with Crippen LogP contribution >= 0.6 is 0 Å². The maximum absolute atomic E-state index is 5.37. The first-order chi connectivity index (χ1) is 8.43. The lowest BCUT2D eigenvalue weighted by molar-refractivity contribution is 0.0335. The lowest BCUT2D eigenvalue weighted by Gasteiger charge is -2.26. The Kier molecular flexibility index (Phi) is 3.40. The van der Waals surface area contributed by atoms with E-state index in [2.05, 4.69) is 19.8 Å². The Hall–Kier alpha value is -0.910. The van der Waals surface area contributed by atoms with E-state index in [0.29, 0.717) is 0 Å². The zero-order chi connectivity index (χ0) is 11.5. The van der Waals surface area contributed by atoms with E-state index in [1.165, 1.54) is 17.8 Å². The molecule has 3 rings (SSSR count). The minimum Gasteiger partial charge on any atom is -0.379 e. The molecule has 2 aliphatic rings. The average molecular weight is 236 g/mol. The first-order valence-electron chi connectivity index (χ1n) is 6.47. The highest BCUT2D eigenvalue weighted by Gasteiger charge is 2.17.